The molecule has 0 aromatic rings. The highest BCUT2D eigenvalue weighted by molar-refractivity contribution is 4.66. The summed E-state index contributed by atoms with van der Waals surface area (Å²) in [7, 11) is 0. The van der Waals surface area contributed by atoms with Gasteiger partial charge in [0, 0.05) is 0 Å². The van der Waals surface area contributed by atoms with Crippen molar-refractivity contribution in [1.82, 2.24) is 0 Å². The largest absolute Gasteiger partial charge is 0.376 e. The normalized spacial score (nSPS) is 21.8. The summed E-state index contributed by atoms with van der Waals surface area (Å²) in [5.41, 5.74) is 0.0401. The van der Waals surface area contributed by atoms with Gasteiger partial charge in [-0.05, 0) is 39.5 Å². The molecule has 1 nitrogen and oxygen atoms in total. The Labute approximate surface area is 95.6 Å². The van der Waals surface area contributed by atoms with Crippen molar-refractivity contribution in [3.05, 3.63) is 0 Å². The Balaban J connectivity index is 2.24. The van der Waals surface area contributed by atoms with Gasteiger partial charge in [0.1, 0.15) is 0 Å². The summed E-state index contributed by atoms with van der Waals surface area (Å²) in [5.74, 6) is 0.822. The van der Waals surface area contributed by atoms with Crippen molar-refractivity contribution in [2.75, 3.05) is 6.61 Å². The van der Waals surface area contributed by atoms with Gasteiger partial charge in [-0.15, -0.1) is 0 Å². The van der Waals surface area contributed by atoms with Crippen molar-refractivity contribution in [1.29, 1.82) is 0 Å². The smallest absolute Gasteiger partial charge is 0.0598 e. The van der Waals surface area contributed by atoms with Crippen LogP contribution in [-0.2, 0) is 4.74 Å². The maximum Gasteiger partial charge on any atom is 0.0598 e. The van der Waals surface area contributed by atoms with E-state index in [-0.39, 0.29) is 5.60 Å². The van der Waals surface area contributed by atoms with Crippen molar-refractivity contribution in [3.8, 4) is 0 Å². The Kier molecular flexibility index (Phi) is 5.66. The van der Waals surface area contributed by atoms with Crippen LogP contribution >= 0.6 is 0 Å². The van der Waals surface area contributed by atoms with E-state index in [2.05, 4.69) is 20.8 Å². The fourth-order valence-electron chi connectivity index (χ4n) is 2.25. The first-order valence-electron chi connectivity index (χ1n) is 6.72. The molecule has 1 saturated carbocycles. The molecule has 1 fully saturated rings. The molecule has 1 rings (SSSR count). The first-order valence-corrected chi connectivity index (χ1v) is 6.72. The molecule has 0 amide bonds. The Morgan fingerprint density at radius 2 is 1.33 bits per heavy atom. The van der Waals surface area contributed by atoms with E-state index < -0.39 is 0 Å². The van der Waals surface area contributed by atoms with E-state index in [0.717, 1.165) is 12.5 Å². The summed E-state index contributed by atoms with van der Waals surface area (Å²) in [6, 6.07) is 0. The molecule has 0 spiro atoms. The van der Waals surface area contributed by atoms with Crippen molar-refractivity contribution in [2.45, 2.75) is 77.7 Å². The van der Waals surface area contributed by atoms with E-state index in [1.165, 1.54) is 51.4 Å². The Bertz CT molecular complexity index is 147. The third-order valence-electron chi connectivity index (χ3n) is 3.23. The molecule has 0 unspecified atom stereocenters. The molecule has 0 aromatic carbocycles. The molecule has 0 atom stereocenters. The molecular weight excluding hydrogens is 184 g/mol. The van der Waals surface area contributed by atoms with Gasteiger partial charge in [-0.2, -0.15) is 0 Å². The monoisotopic (exact) mass is 212 g/mol. The lowest BCUT2D eigenvalue weighted by Gasteiger charge is -2.24. The maximum atomic E-state index is 5.91. The SMILES string of the molecule is CC(C)(C)OCC1CCCCCCCC1. The standard InChI is InChI=1S/C14H28O/c1-14(2,3)15-12-13-10-8-6-4-5-7-9-11-13/h13H,4-12H2,1-3H3. The highest BCUT2D eigenvalue weighted by atomic mass is 16.5. The highest BCUT2D eigenvalue weighted by Gasteiger charge is 2.15. The average molecular weight is 212 g/mol. The van der Waals surface area contributed by atoms with Crippen LogP contribution in [0.2, 0.25) is 0 Å². The molecule has 15 heavy (non-hydrogen) atoms. The molecule has 90 valence electrons. The van der Waals surface area contributed by atoms with Crippen molar-refractivity contribution < 1.29 is 4.74 Å². The minimum absolute atomic E-state index is 0.0401. The average Bonchev–Trinajstić information content (AvgIpc) is 2.26. The number of rotatable bonds is 2. The summed E-state index contributed by atoms with van der Waals surface area (Å²) in [4.78, 5) is 0. The van der Waals surface area contributed by atoms with Crippen LogP contribution < -0.4 is 0 Å². The zero-order valence-electron chi connectivity index (χ0n) is 10.8. The van der Waals surface area contributed by atoms with Crippen LogP contribution in [-0.4, -0.2) is 12.2 Å². The molecule has 0 N–H and O–H groups in total. The van der Waals surface area contributed by atoms with Gasteiger partial charge in [0.15, 0.2) is 0 Å². The molecule has 0 saturated heterocycles. The first kappa shape index (κ1) is 13.0. The minimum atomic E-state index is 0.0401. The number of ether oxygens (including phenoxy) is 1. The van der Waals surface area contributed by atoms with Gasteiger partial charge >= 0.3 is 0 Å². The fraction of sp³-hybridized carbons (Fsp3) is 1.00. The highest BCUT2D eigenvalue weighted by Crippen LogP contribution is 2.23. The van der Waals surface area contributed by atoms with E-state index in [1.54, 1.807) is 0 Å². The molecular formula is C14H28O. The Hall–Kier alpha value is -0.0400. The van der Waals surface area contributed by atoms with Crippen LogP contribution in [0.1, 0.15) is 72.1 Å². The molecule has 1 aliphatic carbocycles. The van der Waals surface area contributed by atoms with Crippen LogP contribution in [0, 0.1) is 5.92 Å². The van der Waals surface area contributed by atoms with Crippen LogP contribution in [0.3, 0.4) is 0 Å². The lowest BCUT2D eigenvalue weighted by molar-refractivity contribution is -0.0252. The van der Waals surface area contributed by atoms with Crippen molar-refractivity contribution >= 4 is 0 Å². The molecule has 0 aliphatic heterocycles. The maximum absolute atomic E-state index is 5.91. The summed E-state index contributed by atoms with van der Waals surface area (Å²) in [5, 5.41) is 0. The topological polar surface area (TPSA) is 9.23 Å². The zero-order chi connectivity index (χ0) is 11.1. The van der Waals surface area contributed by atoms with Crippen molar-refractivity contribution in [3.63, 3.8) is 0 Å². The second kappa shape index (κ2) is 6.52. The van der Waals surface area contributed by atoms with E-state index in [9.17, 15) is 0 Å². The molecule has 0 radical (unpaired) electrons. The summed E-state index contributed by atoms with van der Waals surface area (Å²) >= 11 is 0. The number of hydrogen-bond donors (Lipinski definition) is 0. The Morgan fingerprint density at radius 1 is 0.867 bits per heavy atom. The molecule has 1 heteroatoms. The summed E-state index contributed by atoms with van der Waals surface area (Å²) in [6.07, 6.45) is 11.4. The number of hydrogen-bond acceptors (Lipinski definition) is 1. The van der Waals surface area contributed by atoms with Crippen LogP contribution in [0.5, 0.6) is 0 Å². The lowest BCUT2D eigenvalue weighted by Crippen LogP contribution is -2.23. The second-order valence-corrected chi connectivity index (χ2v) is 5.99. The quantitative estimate of drug-likeness (QED) is 0.652. The Morgan fingerprint density at radius 3 is 1.80 bits per heavy atom. The van der Waals surface area contributed by atoms with E-state index in [4.69, 9.17) is 4.74 Å². The van der Waals surface area contributed by atoms with Crippen LogP contribution in [0.15, 0.2) is 0 Å². The van der Waals surface area contributed by atoms with E-state index in [1.807, 2.05) is 0 Å². The van der Waals surface area contributed by atoms with Gasteiger partial charge in [0.05, 0.1) is 12.2 Å². The zero-order valence-corrected chi connectivity index (χ0v) is 10.8. The minimum Gasteiger partial charge on any atom is -0.376 e. The predicted octanol–water partition coefficient (Wildman–Crippen LogP) is 4.55. The van der Waals surface area contributed by atoms with Gasteiger partial charge in [-0.1, -0.05) is 38.5 Å². The molecule has 0 heterocycles. The van der Waals surface area contributed by atoms with E-state index in [0.29, 0.717) is 0 Å². The van der Waals surface area contributed by atoms with E-state index >= 15 is 0 Å². The van der Waals surface area contributed by atoms with Gasteiger partial charge in [-0.3, -0.25) is 0 Å². The summed E-state index contributed by atoms with van der Waals surface area (Å²) in [6.45, 7) is 7.44. The van der Waals surface area contributed by atoms with Crippen LogP contribution in [0.25, 0.3) is 0 Å². The molecule has 1 aliphatic rings. The van der Waals surface area contributed by atoms with Crippen LogP contribution in [0.4, 0.5) is 0 Å². The predicted molar refractivity (Wildman–Crippen MR) is 66.1 cm³/mol. The third-order valence-corrected chi connectivity index (χ3v) is 3.23. The molecule has 0 bridgehead atoms. The third kappa shape index (κ3) is 6.94. The van der Waals surface area contributed by atoms with Gasteiger partial charge in [0.25, 0.3) is 0 Å². The second-order valence-electron chi connectivity index (χ2n) is 5.99. The lowest BCUT2D eigenvalue weighted by atomic mass is 9.97. The van der Waals surface area contributed by atoms with Gasteiger partial charge in [0.2, 0.25) is 0 Å². The van der Waals surface area contributed by atoms with Crippen molar-refractivity contribution in [2.24, 2.45) is 5.92 Å². The summed E-state index contributed by atoms with van der Waals surface area (Å²) < 4.78 is 5.91. The first-order chi connectivity index (χ1) is 7.08. The van der Waals surface area contributed by atoms with Gasteiger partial charge in [-0.25, -0.2) is 0 Å². The molecule has 0 aromatic heterocycles. The fourth-order valence-corrected chi connectivity index (χ4v) is 2.25. The van der Waals surface area contributed by atoms with Gasteiger partial charge < -0.3 is 4.74 Å².